The predicted molar refractivity (Wildman–Crippen MR) is 114 cm³/mol. The van der Waals surface area contributed by atoms with Crippen LogP contribution in [0.5, 0.6) is 0 Å². The van der Waals surface area contributed by atoms with E-state index in [9.17, 15) is 4.79 Å². The molecule has 0 spiro atoms. The Bertz CT molecular complexity index is 1220. The number of rotatable bonds is 3. The molecular formula is C24H19NO2S. The van der Waals surface area contributed by atoms with E-state index in [4.69, 9.17) is 4.74 Å². The Morgan fingerprint density at radius 1 is 1.00 bits per heavy atom. The third-order valence-electron chi connectivity index (χ3n) is 5.06. The maximum Gasteiger partial charge on any atom is 0.340 e. The molecule has 0 aliphatic carbocycles. The van der Waals surface area contributed by atoms with Crippen molar-refractivity contribution >= 4 is 28.6 Å². The Balaban J connectivity index is 1.95. The first-order valence-electron chi connectivity index (χ1n) is 9.38. The van der Waals surface area contributed by atoms with Gasteiger partial charge in [0.05, 0.1) is 29.1 Å². The minimum absolute atomic E-state index is 0.275. The average molecular weight is 385 g/mol. The number of fused-ring (bicyclic) bond motifs is 2. The number of esters is 1. The molecule has 0 saturated heterocycles. The molecule has 3 nitrogen and oxygen atoms in total. The van der Waals surface area contributed by atoms with Crippen LogP contribution in [0.4, 0.5) is 0 Å². The van der Waals surface area contributed by atoms with Crippen molar-refractivity contribution in [3.05, 3.63) is 77.9 Å². The fraction of sp³-hybridized carbons (Fsp3) is 0.125. The number of nitrogens with zero attached hydrogens (tertiary/aromatic N) is 1. The molecule has 5 rings (SSSR count). The Kier molecular flexibility index (Phi) is 4.02. The molecule has 4 aromatic rings. The fourth-order valence-corrected chi connectivity index (χ4v) is 5.10. The summed E-state index contributed by atoms with van der Waals surface area (Å²) in [5.41, 5.74) is 5.94. The van der Waals surface area contributed by atoms with E-state index in [2.05, 4.69) is 47.9 Å². The highest BCUT2D eigenvalue weighted by molar-refractivity contribution is 7.99. The van der Waals surface area contributed by atoms with Gasteiger partial charge in [0.1, 0.15) is 0 Å². The minimum atomic E-state index is -0.275. The highest BCUT2D eigenvalue weighted by atomic mass is 32.2. The fourth-order valence-electron chi connectivity index (χ4n) is 3.91. The molecule has 138 valence electrons. The smallest absolute Gasteiger partial charge is 0.340 e. The number of benzene rings is 3. The molecule has 28 heavy (non-hydrogen) atoms. The largest absolute Gasteiger partial charge is 0.462 e. The van der Waals surface area contributed by atoms with Crippen LogP contribution < -0.4 is 0 Å². The highest BCUT2D eigenvalue weighted by Gasteiger charge is 2.30. The van der Waals surface area contributed by atoms with Crippen LogP contribution in [0.25, 0.3) is 27.8 Å². The van der Waals surface area contributed by atoms with Crippen LogP contribution in [-0.4, -0.2) is 17.1 Å². The number of para-hydroxylation sites is 1. The molecule has 0 atom stereocenters. The highest BCUT2D eigenvalue weighted by Crippen LogP contribution is 2.48. The maximum atomic E-state index is 13.0. The van der Waals surface area contributed by atoms with Crippen molar-refractivity contribution < 1.29 is 9.53 Å². The van der Waals surface area contributed by atoms with Crippen LogP contribution >= 0.6 is 11.8 Å². The summed E-state index contributed by atoms with van der Waals surface area (Å²) in [6, 6.07) is 22.7. The number of aromatic nitrogens is 1. The van der Waals surface area contributed by atoms with Crippen molar-refractivity contribution in [3.8, 4) is 16.9 Å². The van der Waals surface area contributed by atoms with Gasteiger partial charge >= 0.3 is 5.97 Å². The number of aryl methyl sites for hydroxylation is 1. The van der Waals surface area contributed by atoms with Crippen molar-refractivity contribution in [1.82, 2.24) is 4.57 Å². The molecule has 0 saturated carbocycles. The molecule has 0 amide bonds. The molecule has 1 aliphatic heterocycles. The first-order chi connectivity index (χ1) is 13.7. The normalized spacial score (nSPS) is 12.1. The Labute approximate surface area is 167 Å². The third kappa shape index (κ3) is 2.49. The van der Waals surface area contributed by atoms with E-state index in [0.29, 0.717) is 12.2 Å². The molecule has 0 bridgehead atoms. The number of hydrogen-bond acceptors (Lipinski definition) is 3. The lowest BCUT2D eigenvalue weighted by Gasteiger charge is -2.21. The molecule has 0 N–H and O–H groups in total. The van der Waals surface area contributed by atoms with Gasteiger partial charge in [-0.05, 0) is 43.2 Å². The lowest BCUT2D eigenvalue weighted by atomic mass is 10.1. The van der Waals surface area contributed by atoms with Gasteiger partial charge in [-0.2, -0.15) is 0 Å². The maximum absolute atomic E-state index is 13.0. The van der Waals surface area contributed by atoms with Gasteiger partial charge in [-0.3, -0.25) is 0 Å². The third-order valence-corrected chi connectivity index (χ3v) is 6.15. The van der Waals surface area contributed by atoms with Gasteiger partial charge in [-0.1, -0.05) is 60.3 Å². The van der Waals surface area contributed by atoms with Crippen molar-refractivity contribution in [2.45, 2.75) is 23.6 Å². The van der Waals surface area contributed by atoms with Crippen molar-refractivity contribution in [3.63, 3.8) is 0 Å². The van der Waals surface area contributed by atoms with Gasteiger partial charge in [0.15, 0.2) is 0 Å². The molecule has 4 heteroatoms. The summed E-state index contributed by atoms with van der Waals surface area (Å²) in [5.74, 6) is -0.275. The zero-order valence-electron chi connectivity index (χ0n) is 15.7. The molecular weight excluding hydrogens is 366 g/mol. The molecule has 2 heterocycles. The van der Waals surface area contributed by atoms with Crippen LogP contribution in [-0.2, 0) is 4.74 Å². The molecule has 1 aromatic heterocycles. The molecule has 0 unspecified atom stereocenters. The van der Waals surface area contributed by atoms with Crippen molar-refractivity contribution in [1.29, 1.82) is 0 Å². The summed E-state index contributed by atoms with van der Waals surface area (Å²) in [6.07, 6.45) is 0. The topological polar surface area (TPSA) is 31.2 Å². The summed E-state index contributed by atoms with van der Waals surface area (Å²) >= 11 is 1.76. The van der Waals surface area contributed by atoms with E-state index in [1.807, 2.05) is 37.3 Å². The lowest BCUT2D eigenvalue weighted by molar-refractivity contribution is 0.0529. The van der Waals surface area contributed by atoms with E-state index in [0.717, 1.165) is 32.7 Å². The van der Waals surface area contributed by atoms with Gasteiger partial charge in [0.25, 0.3) is 0 Å². The Morgan fingerprint density at radius 3 is 2.61 bits per heavy atom. The van der Waals surface area contributed by atoms with Crippen LogP contribution in [0.2, 0.25) is 0 Å². The van der Waals surface area contributed by atoms with Crippen LogP contribution in [0, 0.1) is 6.92 Å². The van der Waals surface area contributed by atoms with Gasteiger partial charge in [0, 0.05) is 15.2 Å². The van der Waals surface area contributed by atoms with Crippen LogP contribution in [0.3, 0.4) is 0 Å². The van der Waals surface area contributed by atoms with E-state index < -0.39 is 0 Å². The zero-order chi connectivity index (χ0) is 19.3. The second kappa shape index (κ2) is 6.57. The summed E-state index contributed by atoms with van der Waals surface area (Å²) in [5, 5.41) is 0.938. The first kappa shape index (κ1) is 17.1. The first-order valence-corrected chi connectivity index (χ1v) is 10.2. The number of hydrogen-bond donors (Lipinski definition) is 0. The van der Waals surface area contributed by atoms with E-state index in [-0.39, 0.29) is 5.97 Å². The minimum Gasteiger partial charge on any atom is -0.462 e. The van der Waals surface area contributed by atoms with E-state index >= 15 is 0 Å². The van der Waals surface area contributed by atoms with E-state index in [1.54, 1.807) is 11.8 Å². The number of ether oxygens (including phenoxy) is 1. The number of carbonyl (C=O) groups excluding carboxylic acids is 1. The zero-order valence-corrected chi connectivity index (χ0v) is 16.5. The molecule has 1 aliphatic rings. The van der Waals surface area contributed by atoms with Crippen molar-refractivity contribution in [2.24, 2.45) is 0 Å². The van der Waals surface area contributed by atoms with Gasteiger partial charge in [-0.25, -0.2) is 4.79 Å². The summed E-state index contributed by atoms with van der Waals surface area (Å²) in [7, 11) is 0. The monoisotopic (exact) mass is 385 g/mol. The average Bonchev–Trinajstić information content (AvgIpc) is 3.06. The summed E-state index contributed by atoms with van der Waals surface area (Å²) in [4.78, 5) is 15.4. The van der Waals surface area contributed by atoms with Crippen LogP contribution in [0.1, 0.15) is 22.8 Å². The lowest BCUT2D eigenvalue weighted by Crippen LogP contribution is -2.08. The predicted octanol–water partition coefficient (Wildman–Crippen LogP) is 6.25. The van der Waals surface area contributed by atoms with Crippen LogP contribution in [0.15, 0.2) is 76.5 Å². The summed E-state index contributed by atoms with van der Waals surface area (Å²) in [6.45, 7) is 4.30. The van der Waals surface area contributed by atoms with E-state index in [1.165, 1.54) is 10.5 Å². The Hall–Kier alpha value is -2.98. The van der Waals surface area contributed by atoms with Crippen molar-refractivity contribution in [2.75, 3.05) is 6.61 Å². The summed E-state index contributed by atoms with van der Waals surface area (Å²) < 4.78 is 7.70. The number of carbonyl (C=O) groups is 1. The quantitative estimate of drug-likeness (QED) is 0.344. The van der Waals surface area contributed by atoms with Gasteiger partial charge in [0.2, 0.25) is 0 Å². The molecule has 0 radical (unpaired) electrons. The second-order valence-corrected chi connectivity index (χ2v) is 7.95. The standard InChI is InChI=1S/C24H19NO2S/c1-3-27-24(26)21-17-10-7-11-19-23(17)25(22(21)16-8-5-4-6-9-16)18-13-12-15(2)14-20(18)28-19/h4-14H,3H2,1-2H3. The van der Waals surface area contributed by atoms with Gasteiger partial charge in [-0.15, -0.1) is 0 Å². The molecule has 0 fully saturated rings. The molecule has 3 aromatic carbocycles. The van der Waals surface area contributed by atoms with Gasteiger partial charge < -0.3 is 9.30 Å². The Morgan fingerprint density at radius 2 is 1.82 bits per heavy atom. The SMILES string of the molecule is CCOC(=O)c1c(-c2ccccc2)n2c3c(cccc13)Sc1cc(C)ccc1-2. The second-order valence-electron chi connectivity index (χ2n) is 6.87.